The van der Waals surface area contributed by atoms with Gasteiger partial charge < -0.3 is 15.2 Å². The van der Waals surface area contributed by atoms with Crippen LogP contribution < -0.4 is 10.1 Å². The lowest BCUT2D eigenvalue weighted by atomic mass is 10.1. The van der Waals surface area contributed by atoms with Crippen molar-refractivity contribution < 1.29 is 19.4 Å². The molecule has 142 valence electrons. The molecule has 0 saturated carbocycles. The molecule has 0 fully saturated rings. The Balaban J connectivity index is 2.27. The van der Waals surface area contributed by atoms with E-state index in [1.807, 2.05) is 6.07 Å². The Morgan fingerprint density at radius 2 is 1.93 bits per heavy atom. The molecular formula is C20H14I2N2O4. The molecule has 6 nitrogen and oxygen atoms in total. The first kappa shape index (κ1) is 21.9. The molecule has 0 aliphatic heterocycles. The number of ether oxygens (including phenoxy) is 1. The number of anilines is 1. The Hall–Kier alpha value is -2.39. The van der Waals surface area contributed by atoms with E-state index in [1.165, 1.54) is 24.3 Å². The van der Waals surface area contributed by atoms with E-state index in [0.29, 0.717) is 23.6 Å². The summed E-state index contributed by atoms with van der Waals surface area (Å²) >= 11 is 4.25. The molecule has 2 N–H and O–H groups in total. The number of carboxylic acid groups (broad SMARTS) is 1. The average Bonchev–Trinajstić information content (AvgIpc) is 2.65. The normalized spacial score (nSPS) is 10.7. The summed E-state index contributed by atoms with van der Waals surface area (Å²) in [6.45, 7) is 4.00. The minimum atomic E-state index is -1.10. The summed E-state index contributed by atoms with van der Waals surface area (Å²) in [4.78, 5) is 23.5. The highest BCUT2D eigenvalue weighted by atomic mass is 127. The van der Waals surface area contributed by atoms with E-state index in [0.717, 1.165) is 7.14 Å². The number of hydrogen-bond donors (Lipinski definition) is 2. The summed E-state index contributed by atoms with van der Waals surface area (Å²) in [6, 6.07) is 11.3. The van der Waals surface area contributed by atoms with Crippen LogP contribution in [0.15, 0.2) is 54.6 Å². The molecule has 0 radical (unpaired) electrons. The Bertz CT molecular complexity index is 987. The van der Waals surface area contributed by atoms with E-state index in [9.17, 15) is 14.9 Å². The maximum Gasteiger partial charge on any atom is 0.335 e. The second-order valence-corrected chi connectivity index (χ2v) is 7.75. The minimum Gasteiger partial charge on any atom is -0.487 e. The second kappa shape index (κ2) is 10.2. The Morgan fingerprint density at radius 3 is 2.50 bits per heavy atom. The molecule has 0 aliphatic carbocycles. The molecule has 0 aromatic heterocycles. The molecular weight excluding hydrogens is 586 g/mol. The van der Waals surface area contributed by atoms with Gasteiger partial charge in [0.25, 0.3) is 5.91 Å². The third-order valence-corrected chi connectivity index (χ3v) is 5.01. The summed E-state index contributed by atoms with van der Waals surface area (Å²) in [5.41, 5.74) is 0.903. The zero-order chi connectivity index (χ0) is 20.7. The number of nitrogens with zero attached hydrogens (tertiary/aromatic N) is 1. The van der Waals surface area contributed by atoms with Gasteiger partial charge in [0.05, 0.1) is 12.7 Å². The van der Waals surface area contributed by atoms with Crippen LogP contribution in [0.4, 0.5) is 5.69 Å². The lowest BCUT2D eigenvalue weighted by molar-refractivity contribution is -0.112. The standard InChI is InChI=1S/C20H14I2N2O4/c1-2-6-28-18-16(21)8-12(9-17(18)22)7-14(11-23)19(25)24-15-5-3-4-13(10-15)20(26)27/h2-5,7-10H,1,6H2,(H,24,25)(H,26,27)/b14-7-. The predicted octanol–water partition coefficient (Wildman–Crippen LogP) is 4.70. The number of benzene rings is 2. The van der Waals surface area contributed by atoms with Crippen molar-refractivity contribution in [1.82, 2.24) is 0 Å². The van der Waals surface area contributed by atoms with Gasteiger partial charge >= 0.3 is 5.97 Å². The maximum absolute atomic E-state index is 12.4. The molecule has 0 saturated heterocycles. The van der Waals surface area contributed by atoms with Crippen LogP contribution in [0.1, 0.15) is 15.9 Å². The van der Waals surface area contributed by atoms with Crippen LogP contribution in [-0.4, -0.2) is 23.6 Å². The number of rotatable bonds is 7. The lowest BCUT2D eigenvalue weighted by Gasteiger charge is -2.10. The fourth-order valence-electron chi connectivity index (χ4n) is 2.19. The summed E-state index contributed by atoms with van der Waals surface area (Å²) in [6.07, 6.45) is 3.12. The molecule has 28 heavy (non-hydrogen) atoms. The number of carboxylic acids is 1. The van der Waals surface area contributed by atoms with Gasteiger partial charge in [0, 0.05) is 5.69 Å². The van der Waals surface area contributed by atoms with Gasteiger partial charge in [-0.2, -0.15) is 5.26 Å². The second-order valence-electron chi connectivity index (χ2n) is 5.42. The smallest absolute Gasteiger partial charge is 0.335 e. The first-order valence-electron chi connectivity index (χ1n) is 7.85. The number of hydrogen-bond acceptors (Lipinski definition) is 4. The third kappa shape index (κ3) is 5.80. The number of aromatic carboxylic acids is 1. The minimum absolute atomic E-state index is 0.0412. The van der Waals surface area contributed by atoms with Gasteiger partial charge in [-0.1, -0.05) is 18.7 Å². The van der Waals surface area contributed by atoms with Gasteiger partial charge in [-0.3, -0.25) is 4.79 Å². The monoisotopic (exact) mass is 600 g/mol. The molecule has 2 rings (SSSR count). The van der Waals surface area contributed by atoms with E-state index < -0.39 is 11.9 Å². The summed E-state index contributed by atoms with van der Waals surface area (Å²) in [5, 5.41) is 20.9. The van der Waals surface area contributed by atoms with Crippen molar-refractivity contribution in [2.75, 3.05) is 11.9 Å². The Labute approximate surface area is 189 Å². The number of carbonyl (C=O) groups is 2. The molecule has 0 atom stereocenters. The van der Waals surface area contributed by atoms with Gasteiger partial charge in [0.15, 0.2) is 0 Å². The average molecular weight is 600 g/mol. The molecule has 0 spiro atoms. The van der Waals surface area contributed by atoms with E-state index in [4.69, 9.17) is 9.84 Å². The fraction of sp³-hybridized carbons (Fsp3) is 0.0500. The highest BCUT2D eigenvalue weighted by Gasteiger charge is 2.13. The highest BCUT2D eigenvalue weighted by molar-refractivity contribution is 14.1. The van der Waals surface area contributed by atoms with Gasteiger partial charge in [-0.25, -0.2) is 4.79 Å². The molecule has 0 unspecified atom stereocenters. The van der Waals surface area contributed by atoms with Crippen LogP contribution >= 0.6 is 45.2 Å². The van der Waals surface area contributed by atoms with Crippen LogP contribution in [0, 0.1) is 18.5 Å². The van der Waals surface area contributed by atoms with E-state index in [-0.39, 0.29) is 11.1 Å². The van der Waals surface area contributed by atoms with Crippen molar-refractivity contribution in [3.8, 4) is 11.8 Å². The molecule has 1 amide bonds. The largest absolute Gasteiger partial charge is 0.487 e. The fourth-order valence-corrected chi connectivity index (χ4v) is 4.31. The van der Waals surface area contributed by atoms with Crippen LogP contribution in [-0.2, 0) is 4.79 Å². The summed E-state index contributed by atoms with van der Waals surface area (Å²) in [7, 11) is 0. The predicted molar refractivity (Wildman–Crippen MR) is 123 cm³/mol. The van der Waals surface area contributed by atoms with Crippen LogP contribution in [0.3, 0.4) is 0 Å². The summed E-state index contributed by atoms with van der Waals surface area (Å²) in [5.74, 6) is -1.01. The molecule has 0 aliphatic rings. The Morgan fingerprint density at radius 1 is 1.25 bits per heavy atom. The van der Waals surface area contributed by atoms with Crippen molar-refractivity contribution in [2.24, 2.45) is 0 Å². The van der Waals surface area contributed by atoms with Gasteiger partial charge in [-0.15, -0.1) is 0 Å². The number of carbonyl (C=O) groups excluding carboxylic acids is 1. The molecule has 2 aromatic rings. The summed E-state index contributed by atoms with van der Waals surface area (Å²) < 4.78 is 7.29. The number of halogens is 2. The maximum atomic E-state index is 12.4. The quantitative estimate of drug-likeness (QED) is 0.208. The Kier molecular flexibility index (Phi) is 8.01. The first-order chi connectivity index (χ1) is 13.3. The van der Waals surface area contributed by atoms with E-state index >= 15 is 0 Å². The van der Waals surface area contributed by atoms with Crippen molar-refractivity contribution in [3.63, 3.8) is 0 Å². The van der Waals surface area contributed by atoms with Crippen molar-refractivity contribution in [3.05, 3.63) is 72.9 Å². The zero-order valence-electron chi connectivity index (χ0n) is 14.4. The molecule has 0 heterocycles. The highest BCUT2D eigenvalue weighted by Crippen LogP contribution is 2.30. The van der Waals surface area contributed by atoms with E-state index in [2.05, 4.69) is 57.1 Å². The first-order valence-corrected chi connectivity index (χ1v) is 10.0. The van der Waals surface area contributed by atoms with Crippen LogP contribution in [0.5, 0.6) is 5.75 Å². The van der Waals surface area contributed by atoms with Crippen LogP contribution in [0.25, 0.3) is 6.08 Å². The van der Waals surface area contributed by atoms with E-state index in [1.54, 1.807) is 24.3 Å². The molecule has 0 bridgehead atoms. The number of nitrogens with one attached hydrogen (secondary N) is 1. The third-order valence-electron chi connectivity index (χ3n) is 3.41. The zero-order valence-corrected chi connectivity index (χ0v) is 18.7. The number of nitriles is 1. The van der Waals surface area contributed by atoms with Crippen molar-refractivity contribution in [1.29, 1.82) is 5.26 Å². The van der Waals surface area contributed by atoms with Gasteiger partial charge in [0.2, 0.25) is 0 Å². The SMILES string of the molecule is C=CCOc1c(I)cc(/C=C(/C#N)C(=O)Nc2cccc(C(=O)O)c2)cc1I. The molecule has 8 heteroatoms. The number of amides is 1. The van der Waals surface area contributed by atoms with Crippen molar-refractivity contribution >= 4 is 68.8 Å². The van der Waals surface area contributed by atoms with Crippen LogP contribution in [0.2, 0.25) is 0 Å². The van der Waals surface area contributed by atoms with Gasteiger partial charge in [0.1, 0.15) is 24.0 Å². The topological polar surface area (TPSA) is 99.4 Å². The lowest BCUT2D eigenvalue weighted by Crippen LogP contribution is -2.14. The van der Waals surface area contributed by atoms with Gasteiger partial charge in [-0.05, 0) is 87.2 Å². The van der Waals surface area contributed by atoms with Crippen molar-refractivity contribution in [2.45, 2.75) is 0 Å². The molecule has 2 aromatic carbocycles.